The standard InChI is InChI=1S/C29H40OS/c1-2-3-4-5-6-7-8-9-16-21-27(30)26-22-28(24-17-12-10-13-18-24)31-29(23-26)25-19-14-11-15-20-25/h10-15,17-20,26,28-29H,2-9,16,21-23H2,1H3. The van der Waals surface area contributed by atoms with Crippen molar-refractivity contribution in [2.75, 3.05) is 0 Å². The maximum absolute atomic E-state index is 13.1. The predicted molar refractivity (Wildman–Crippen MR) is 136 cm³/mol. The van der Waals surface area contributed by atoms with Gasteiger partial charge in [-0.2, -0.15) is 0 Å². The molecule has 0 bridgehead atoms. The zero-order valence-corrected chi connectivity index (χ0v) is 20.1. The molecular formula is C29H40OS. The lowest BCUT2D eigenvalue weighted by Gasteiger charge is -2.34. The minimum Gasteiger partial charge on any atom is -0.299 e. The predicted octanol–water partition coefficient (Wildman–Crippen LogP) is 9.10. The molecule has 1 saturated heterocycles. The summed E-state index contributed by atoms with van der Waals surface area (Å²) >= 11 is 2.05. The van der Waals surface area contributed by atoms with Gasteiger partial charge < -0.3 is 0 Å². The number of carbonyl (C=O) groups is 1. The number of hydrogen-bond donors (Lipinski definition) is 0. The van der Waals surface area contributed by atoms with Crippen molar-refractivity contribution in [1.82, 2.24) is 0 Å². The van der Waals surface area contributed by atoms with E-state index < -0.39 is 0 Å². The van der Waals surface area contributed by atoms with Gasteiger partial charge in [0.15, 0.2) is 0 Å². The van der Waals surface area contributed by atoms with E-state index >= 15 is 0 Å². The van der Waals surface area contributed by atoms with Crippen molar-refractivity contribution in [3.63, 3.8) is 0 Å². The van der Waals surface area contributed by atoms with Gasteiger partial charge in [0.25, 0.3) is 0 Å². The first-order valence-corrected chi connectivity index (χ1v) is 13.5. The van der Waals surface area contributed by atoms with Gasteiger partial charge in [-0.15, -0.1) is 11.8 Å². The van der Waals surface area contributed by atoms with Gasteiger partial charge in [-0.3, -0.25) is 4.79 Å². The van der Waals surface area contributed by atoms with Gasteiger partial charge in [0.05, 0.1) is 0 Å². The summed E-state index contributed by atoms with van der Waals surface area (Å²) in [4.78, 5) is 13.1. The van der Waals surface area contributed by atoms with E-state index in [4.69, 9.17) is 0 Å². The fourth-order valence-electron chi connectivity index (χ4n) is 4.76. The van der Waals surface area contributed by atoms with Crippen LogP contribution < -0.4 is 0 Å². The molecule has 0 N–H and O–H groups in total. The number of rotatable bonds is 13. The Morgan fingerprint density at radius 2 is 1.16 bits per heavy atom. The van der Waals surface area contributed by atoms with Crippen LogP contribution in [0.25, 0.3) is 0 Å². The number of ketones is 1. The molecule has 0 spiro atoms. The zero-order valence-electron chi connectivity index (χ0n) is 19.3. The Kier molecular flexibility index (Phi) is 10.7. The summed E-state index contributed by atoms with van der Waals surface area (Å²) in [6.45, 7) is 2.27. The molecule has 1 aliphatic rings. The second-order valence-electron chi connectivity index (χ2n) is 9.15. The summed E-state index contributed by atoms with van der Waals surface area (Å²) in [6.07, 6.45) is 14.5. The number of carbonyl (C=O) groups excluding carboxylic acids is 1. The van der Waals surface area contributed by atoms with E-state index in [1.807, 2.05) is 11.8 Å². The summed E-state index contributed by atoms with van der Waals surface area (Å²) < 4.78 is 0. The first-order chi connectivity index (χ1) is 15.3. The van der Waals surface area contributed by atoms with Crippen LogP contribution in [0.1, 0.15) is 106 Å². The maximum atomic E-state index is 13.1. The SMILES string of the molecule is CCCCCCCCCCCC(=O)C1CC(c2ccccc2)SC(c2ccccc2)C1. The molecule has 0 amide bonds. The maximum Gasteiger partial charge on any atom is 0.136 e. The van der Waals surface area contributed by atoms with Gasteiger partial charge in [0.2, 0.25) is 0 Å². The summed E-state index contributed by atoms with van der Waals surface area (Å²) in [5.41, 5.74) is 2.74. The van der Waals surface area contributed by atoms with Crippen molar-refractivity contribution in [2.45, 2.75) is 94.5 Å². The van der Waals surface area contributed by atoms with E-state index in [2.05, 4.69) is 67.6 Å². The van der Waals surface area contributed by atoms with Gasteiger partial charge in [0, 0.05) is 22.8 Å². The average molecular weight is 437 g/mol. The molecular weight excluding hydrogens is 396 g/mol. The van der Waals surface area contributed by atoms with Crippen LogP contribution in [0, 0.1) is 5.92 Å². The van der Waals surface area contributed by atoms with E-state index in [0.717, 1.165) is 25.7 Å². The molecule has 2 atom stereocenters. The molecule has 1 fully saturated rings. The third kappa shape index (κ3) is 8.15. The number of Topliss-reactive ketones (excluding diaryl/α,β-unsaturated/α-hetero) is 1. The molecule has 0 saturated carbocycles. The lowest BCUT2D eigenvalue weighted by Crippen LogP contribution is -2.23. The van der Waals surface area contributed by atoms with Crippen molar-refractivity contribution in [3.05, 3.63) is 71.8 Å². The van der Waals surface area contributed by atoms with Gasteiger partial charge in [-0.05, 0) is 30.4 Å². The fraction of sp³-hybridized carbons (Fsp3) is 0.552. The third-order valence-corrected chi connectivity index (χ3v) is 8.24. The quantitative estimate of drug-likeness (QED) is 0.291. The van der Waals surface area contributed by atoms with E-state index in [1.54, 1.807) is 0 Å². The van der Waals surface area contributed by atoms with Gasteiger partial charge >= 0.3 is 0 Å². The van der Waals surface area contributed by atoms with E-state index in [-0.39, 0.29) is 5.92 Å². The highest BCUT2D eigenvalue weighted by Crippen LogP contribution is 2.52. The van der Waals surface area contributed by atoms with Gasteiger partial charge in [0.1, 0.15) is 5.78 Å². The highest BCUT2D eigenvalue weighted by molar-refractivity contribution is 7.99. The monoisotopic (exact) mass is 436 g/mol. The highest BCUT2D eigenvalue weighted by atomic mass is 32.2. The molecule has 2 aromatic carbocycles. The second-order valence-corrected chi connectivity index (χ2v) is 10.6. The van der Waals surface area contributed by atoms with Crippen LogP contribution >= 0.6 is 11.8 Å². The fourth-order valence-corrected chi connectivity index (χ4v) is 6.48. The molecule has 2 unspecified atom stereocenters. The molecule has 0 aliphatic carbocycles. The molecule has 2 aromatic rings. The van der Waals surface area contributed by atoms with Crippen LogP contribution in [-0.2, 0) is 4.79 Å². The molecule has 3 rings (SSSR count). The second kappa shape index (κ2) is 13.8. The zero-order chi connectivity index (χ0) is 21.7. The number of benzene rings is 2. The van der Waals surface area contributed by atoms with Gasteiger partial charge in [-0.25, -0.2) is 0 Å². The molecule has 1 heterocycles. The first kappa shape index (κ1) is 24.1. The molecule has 31 heavy (non-hydrogen) atoms. The van der Waals surface area contributed by atoms with Crippen LogP contribution in [0.15, 0.2) is 60.7 Å². The molecule has 168 valence electrons. The lowest BCUT2D eigenvalue weighted by molar-refractivity contribution is -0.123. The highest BCUT2D eigenvalue weighted by Gasteiger charge is 2.34. The smallest absolute Gasteiger partial charge is 0.136 e. The summed E-state index contributed by atoms with van der Waals surface area (Å²) in [6, 6.07) is 21.6. The number of unbranched alkanes of at least 4 members (excludes halogenated alkanes) is 8. The van der Waals surface area contributed by atoms with Crippen LogP contribution in [-0.4, -0.2) is 5.78 Å². The van der Waals surface area contributed by atoms with E-state index in [1.165, 1.54) is 62.5 Å². The Labute approximate surface area is 194 Å². The van der Waals surface area contributed by atoms with Crippen molar-refractivity contribution >= 4 is 17.5 Å². The van der Waals surface area contributed by atoms with Crippen molar-refractivity contribution in [3.8, 4) is 0 Å². The molecule has 1 nitrogen and oxygen atoms in total. The van der Waals surface area contributed by atoms with Crippen LogP contribution in [0.2, 0.25) is 0 Å². The van der Waals surface area contributed by atoms with Gasteiger partial charge in [-0.1, -0.05) is 119 Å². The Balaban J connectivity index is 1.49. The van der Waals surface area contributed by atoms with E-state index in [9.17, 15) is 4.79 Å². The number of hydrogen-bond acceptors (Lipinski definition) is 2. The molecule has 0 aromatic heterocycles. The summed E-state index contributed by atoms with van der Waals surface area (Å²) in [5.74, 6) is 0.704. The Hall–Kier alpha value is -1.54. The van der Waals surface area contributed by atoms with E-state index in [0.29, 0.717) is 16.3 Å². The lowest BCUT2D eigenvalue weighted by atomic mass is 9.86. The van der Waals surface area contributed by atoms with Crippen LogP contribution in [0.4, 0.5) is 0 Å². The minimum atomic E-state index is 0.200. The Morgan fingerprint density at radius 1 is 0.710 bits per heavy atom. The van der Waals surface area contributed by atoms with Crippen molar-refractivity contribution < 1.29 is 4.79 Å². The normalized spacial score (nSPS) is 21.1. The Bertz CT molecular complexity index is 694. The average Bonchev–Trinajstić information content (AvgIpc) is 2.83. The summed E-state index contributed by atoms with van der Waals surface area (Å²) in [5, 5.41) is 0.828. The topological polar surface area (TPSA) is 17.1 Å². The molecule has 1 aliphatic heterocycles. The Morgan fingerprint density at radius 3 is 1.65 bits per heavy atom. The van der Waals surface area contributed by atoms with Crippen LogP contribution in [0.3, 0.4) is 0 Å². The largest absolute Gasteiger partial charge is 0.299 e. The minimum absolute atomic E-state index is 0.200. The summed E-state index contributed by atoms with van der Waals surface area (Å²) in [7, 11) is 0. The van der Waals surface area contributed by atoms with Crippen LogP contribution in [0.5, 0.6) is 0 Å². The first-order valence-electron chi connectivity index (χ1n) is 12.6. The molecule has 0 radical (unpaired) electrons. The molecule has 2 heteroatoms. The number of thioether (sulfide) groups is 1. The van der Waals surface area contributed by atoms with Crippen molar-refractivity contribution in [1.29, 1.82) is 0 Å². The van der Waals surface area contributed by atoms with Crippen molar-refractivity contribution in [2.24, 2.45) is 5.92 Å². The third-order valence-electron chi connectivity index (χ3n) is 6.65.